The molecule has 1 N–H and O–H groups in total. The molecule has 0 saturated heterocycles. The van der Waals surface area contributed by atoms with Crippen molar-refractivity contribution in [3.8, 4) is 11.1 Å². The third-order valence-electron chi connectivity index (χ3n) is 2.83. The molecule has 0 fully saturated rings. The Morgan fingerprint density at radius 2 is 1.84 bits per heavy atom. The van der Waals surface area contributed by atoms with Crippen LogP contribution in [0.15, 0.2) is 42.5 Å². The van der Waals surface area contributed by atoms with E-state index in [4.69, 9.17) is 0 Å². The van der Waals surface area contributed by atoms with Gasteiger partial charge in [0, 0.05) is 11.6 Å². The van der Waals surface area contributed by atoms with E-state index < -0.39 is 11.6 Å². The van der Waals surface area contributed by atoms with Gasteiger partial charge in [-0.15, -0.1) is 12.4 Å². The maximum absolute atomic E-state index is 13.7. The van der Waals surface area contributed by atoms with Crippen LogP contribution in [-0.4, -0.2) is 13.6 Å². The molecule has 0 aliphatic carbocycles. The molecule has 0 spiro atoms. The summed E-state index contributed by atoms with van der Waals surface area (Å²) in [5, 5.41) is 3.07. The lowest BCUT2D eigenvalue weighted by Crippen LogP contribution is -2.10. The smallest absolute Gasteiger partial charge is 0.133 e. The summed E-state index contributed by atoms with van der Waals surface area (Å²) < 4.78 is 26.5. The fourth-order valence-electron chi connectivity index (χ4n) is 1.89. The first kappa shape index (κ1) is 15.6. The average Bonchev–Trinajstić information content (AvgIpc) is 2.36. The molecule has 1 nitrogen and oxygen atoms in total. The maximum atomic E-state index is 13.7. The van der Waals surface area contributed by atoms with E-state index in [1.807, 2.05) is 31.3 Å². The fourth-order valence-corrected chi connectivity index (χ4v) is 1.89. The molecular weight excluding hydrogens is 268 g/mol. The van der Waals surface area contributed by atoms with Gasteiger partial charge in [-0.2, -0.15) is 0 Å². The molecule has 2 aromatic rings. The Balaban J connectivity index is 0.00000180. The third kappa shape index (κ3) is 4.01. The molecule has 0 heterocycles. The van der Waals surface area contributed by atoms with Crippen LogP contribution in [0.5, 0.6) is 0 Å². The van der Waals surface area contributed by atoms with Gasteiger partial charge in [-0.25, -0.2) is 8.78 Å². The first-order valence-electron chi connectivity index (χ1n) is 5.89. The van der Waals surface area contributed by atoms with E-state index in [2.05, 4.69) is 5.32 Å². The van der Waals surface area contributed by atoms with Gasteiger partial charge in [-0.3, -0.25) is 0 Å². The van der Waals surface area contributed by atoms with Gasteiger partial charge in [0.05, 0.1) is 0 Å². The molecule has 0 saturated carbocycles. The van der Waals surface area contributed by atoms with Crippen LogP contribution in [0.1, 0.15) is 5.56 Å². The second-order valence-electron chi connectivity index (χ2n) is 4.18. The second kappa shape index (κ2) is 7.22. The first-order chi connectivity index (χ1) is 8.70. The van der Waals surface area contributed by atoms with E-state index in [9.17, 15) is 8.78 Å². The van der Waals surface area contributed by atoms with Crippen molar-refractivity contribution in [1.29, 1.82) is 0 Å². The first-order valence-corrected chi connectivity index (χ1v) is 5.89. The number of hydrogen-bond acceptors (Lipinski definition) is 1. The Morgan fingerprint density at radius 3 is 2.53 bits per heavy atom. The highest BCUT2D eigenvalue weighted by Crippen LogP contribution is 2.24. The van der Waals surface area contributed by atoms with Crippen molar-refractivity contribution in [2.75, 3.05) is 13.6 Å². The lowest BCUT2D eigenvalue weighted by atomic mass is 10.0. The van der Waals surface area contributed by atoms with Crippen LogP contribution in [0.3, 0.4) is 0 Å². The second-order valence-corrected chi connectivity index (χ2v) is 4.18. The van der Waals surface area contributed by atoms with E-state index >= 15 is 0 Å². The molecular formula is C15H16ClF2N. The van der Waals surface area contributed by atoms with Gasteiger partial charge in [0.25, 0.3) is 0 Å². The molecule has 2 rings (SSSR count). The Morgan fingerprint density at radius 1 is 1.05 bits per heavy atom. The summed E-state index contributed by atoms with van der Waals surface area (Å²) in [6, 6.07) is 11.3. The topological polar surface area (TPSA) is 12.0 Å². The van der Waals surface area contributed by atoms with Crippen LogP contribution in [0.25, 0.3) is 11.1 Å². The Kier molecular flexibility index (Phi) is 5.93. The highest BCUT2D eigenvalue weighted by molar-refractivity contribution is 5.85. The predicted molar refractivity (Wildman–Crippen MR) is 76.7 cm³/mol. The summed E-state index contributed by atoms with van der Waals surface area (Å²) in [5.74, 6) is -1.08. The van der Waals surface area contributed by atoms with E-state index in [1.54, 1.807) is 0 Å². The van der Waals surface area contributed by atoms with Crippen molar-refractivity contribution in [3.63, 3.8) is 0 Å². The van der Waals surface area contributed by atoms with Gasteiger partial charge in [-0.1, -0.05) is 24.3 Å². The zero-order chi connectivity index (χ0) is 13.0. The van der Waals surface area contributed by atoms with Gasteiger partial charge < -0.3 is 5.32 Å². The highest BCUT2D eigenvalue weighted by Gasteiger charge is 2.06. The number of halogens is 3. The molecule has 0 aliphatic rings. The molecule has 102 valence electrons. The molecule has 0 atom stereocenters. The molecule has 0 aliphatic heterocycles. The van der Waals surface area contributed by atoms with E-state index in [1.165, 1.54) is 12.1 Å². The largest absolute Gasteiger partial charge is 0.319 e. The van der Waals surface area contributed by atoms with Crippen LogP contribution >= 0.6 is 12.4 Å². The zero-order valence-corrected chi connectivity index (χ0v) is 11.4. The number of benzene rings is 2. The number of nitrogens with one attached hydrogen (secondary N) is 1. The summed E-state index contributed by atoms with van der Waals surface area (Å²) >= 11 is 0. The fraction of sp³-hybridized carbons (Fsp3) is 0.200. The molecule has 0 amide bonds. The zero-order valence-electron chi connectivity index (χ0n) is 10.6. The number of rotatable bonds is 4. The Labute approximate surface area is 118 Å². The summed E-state index contributed by atoms with van der Waals surface area (Å²) in [6.45, 7) is 0.870. The summed E-state index contributed by atoms with van der Waals surface area (Å²) in [6.07, 6.45) is 0.882. The lowest BCUT2D eigenvalue weighted by molar-refractivity contribution is 0.585. The van der Waals surface area contributed by atoms with Crippen LogP contribution < -0.4 is 5.32 Å². The molecule has 2 aromatic carbocycles. The number of hydrogen-bond donors (Lipinski definition) is 1. The van der Waals surface area contributed by atoms with Gasteiger partial charge in [0.1, 0.15) is 11.6 Å². The minimum Gasteiger partial charge on any atom is -0.319 e. The normalized spacial score (nSPS) is 10.1. The maximum Gasteiger partial charge on any atom is 0.133 e. The van der Waals surface area contributed by atoms with Crippen molar-refractivity contribution >= 4 is 12.4 Å². The summed E-state index contributed by atoms with van der Waals surface area (Å²) in [4.78, 5) is 0. The highest BCUT2D eigenvalue weighted by atomic mass is 35.5. The van der Waals surface area contributed by atoms with E-state index in [0.29, 0.717) is 5.56 Å². The molecule has 0 unspecified atom stereocenters. The summed E-state index contributed by atoms with van der Waals surface area (Å²) in [5.41, 5.74) is 2.34. The number of likely N-dealkylation sites (N-methyl/N-ethyl adjacent to an activating group) is 1. The van der Waals surface area contributed by atoms with E-state index in [-0.39, 0.29) is 12.4 Å². The molecule has 4 heteroatoms. The average molecular weight is 284 g/mol. The predicted octanol–water partition coefficient (Wildman–Crippen LogP) is 3.82. The minimum absolute atomic E-state index is 0. The van der Waals surface area contributed by atoms with Crippen LogP contribution in [-0.2, 0) is 6.42 Å². The molecule has 0 bridgehead atoms. The third-order valence-corrected chi connectivity index (χ3v) is 2.83. The van der Waals surface area contributed by atoms with Crippen molar-refractivity contribution < 1.29 is 8.78 Å². The standard InChI is InChI=1S/C15H15F2N.ClH/c1-18-8-7-11-3-2-4-12(9-11)14-6-5-13(16)10-15(14)17;/h2-6,9-10,18H,7-8H2,1H3;1H. The van der Waals surface area contributed by atoms with E-state index in [0.717, 1.165) is 30.2 Å². The monoisotopic (exact) mass is 283 g/mol. The Hall–Kier alpha value is -1.45. The van der Waals surface area contributed by atoms with Crippen LogP contribution in [0.2, 0.25) is 0 Å². The SMILES string of the molecule is CNCCc1cccc(-c2ccc(F)cc2F)c1.Cl. The minimum atomic E-state index is -0.553. The quantitative estimate of drug-likeness (QED) is 0.899. The van der Waals surface area contributed by atoms with Crippen LogP contribution in [0, 0.1) is 11.6 Å². The van der Waals surface area contributed by atoms with Gasteiger partial charge in [0.2, 0.25) is 0 Å². The van der Waals surface area contributed by atoms with Gasteiger partial charge >= 0.3 is 0 Å². The van der Waals surface area contributed by atoms with Crippen molar-refractivity contribution in [1.82, 2.24) is 5.32 Å². The molecule has 0 aromatic heterocycles. The van der Waals surface area contributed by atoms with Crippen LogP contribution in [0.4, 0.5) is 8.78 Å². The Bertz CT molecular complexity index is 543. The summed E-state index contributed by atoms with van der Waals surface area (Å²) in [7, 11) is 1.89. The van der Waals surface area contributed by atoms with Gasteiger partial charge in [0.15, 0.2) is 0 Å². The van der Waals surface area contributed by atoms with Gasteiger partial charge in [-0.05, 0) is 43.3 Å². The molecule has 19 heavy (non-hydrogen) atoms. The van der Waals surface area contributed by atoms with Crippen molar-refractivity contribution in [3.05, 3.63) is 59.7 Å². The van der Waals surface area contributed by atoms with Crippen molar-refractivity contribution in [2.24, 2.45) is 0 Å². The van der Waals surface area contributed by atoms with Crippen molar-refractivity contribution in [2.45, 2.75) is 6.42 Å². The molecule has 0 radical (unpaired) electrons. The lowest BCUT2D eigenvalue weighted by Gasteiger charge is -2.06.